The Morgan fingerprint density at radius 1 is 1.47 bits per heavy atom. The van der Waals surface area contributed by atoms with Gasteiger partial charge in [-0.1, -0.05) is 19.9 Å². The smallest absolute Gasteiger partial charge is 0.251 e. The third-order valence-electron chi connectivity index (χ3n) is 3.41. The highest BCUT2D eigenvalue weighted by Gasteiger charge is 2.31. The molecule has 1 fully saturated rings. The van der Waals surface area contributed by atoms with Crippen molar-refractivity contribution in [3.63, 3.8) is 0 Å². The fourth-order valence-corrected chi connectivity index (χ4v) is 2.70. The molecular formula is C14H19NOS. The number of amides is 1. The molecule has 0 saturated heterocycles. The lowest BCUT2D eigenvalue weighted by molar-refractivity contribution is 0.0936. The summed E-state index contributed by atoms with van der Waals surface area (Å²) < 4.78 is 0. The highest BCUT2D eigenvalue weighted by atomic mass is 32.1. The number of hydrogen-bond donors (Lipinski definition) is 2. The Morgan fingerprint density at radius 2 is 2.24 bits per heavy atom. The van der Waals surface area contributed by atoms with Crippen molar-refractivity contribution >= 4 is 18.5 Å². The van der Waals surface area contributed by atoms with E-state index >= 15 is 0 Å². The van der Waals surface area contributed by atoms with Gasteiger partial charge in [-0.3, -0.25) is 4.79 Å². The second-order valence-electron chi connectivity index (χ2n) is 5.63. The van der Waals surface area contributed by atoms with Crippen molar-refractivity contribution in [3.8, 4) is 0 Å². The molecule has 1 aromatic carbocycles. The van der Waals surface area contributed by atoms with Gasteiger partial charge in [0.05, 0.1) is 0 Å². The molecule has 3 heteroatoms. The van der Waals surface area contributed by atoms with Crippen molar-refractivity contribution in [2.24, 2.45) is 5.41 Å². The Morgan fingerprint density at radius 3 is 2.82 bits per heavy atom. The lowest BCUT2D eigenvalue weighted by Gasteiger charge is -2.17. The second kappa shape index (κ2) is 4.73. The van der Waals surface area contributed by atoms with Gasteiger partial charge in [-0.2, -0.15) is 0 Å². The summed E-state index contributed by atoms with van der Waals surface area (Å²) in [6, 6.07) is 7.68. The van der Waals surface area contributed by atoms with E-state index in [1.165, 1.54) is 6.42 Å². The van der Waals surface area contributed by atoms with E-state index < -0.39 is 0 Å². The predicted octanol–water partition coefficient (Wildman–Crippen LogP) is 3.28. The maximum Gasteiger partial charge on any atom is 0.251 e. The van der Waals surface area contributed by atoms with Gasteiger partial charge in [0.15, 0.2) is 0 Å². The van der Waals surface area contributed by atoms with Gasteiger partial charge in [0.25, 0.3) is 5.91 Å². The van der Waals surface area contributed by atoms with E-state index in [-0.39, 0.29) is 5.91 Å². The largest absolute Gasteiger partial charge is 0.349 e. The molecule has 1 N–H and O–H groups in total. The summed E-state index contributed by atoms with van der Waals surface area (Å²) >= 11 is 4.24. The average molecular weight is 249 g/mol. The minimum Gasteiger partial charge on any atom is -0.349 e. The molecule has 92 valence electrons. The molecule has 1 atom stereocenters. The Labute approximate surface area is 108 Å². The van der Waals surface area contributed by atoms with E-state index in [2.05, 4.69) is 31.8 Å². The van der Waals surface area contributed by atoms with Crippen LogP contribution in [0.5, 0.6) is 0 Å². The molecular weight excluding hydrogens is 230 g/mol. The first-order valence-corrected chi connectivity index (χ1v) is 6.51. The monoisotopic (exact) mass is 249 g/mol. The van der Waals surface area contributed by atoms with Crippen molar-refractivity contribution in [1.82, 2.24) is 5.32 Å². The lowest BCUT2D eigenvalue weighted by Crippen LogP contribution is -2.33. The maximum atomic E-state index is 12.0. The Bertz CT molecular complexity index is 428. The highest BCUT2D eigenvalue weighted by molar-refractivity contribution is 7.80. The van der Waals surface area contributed by atoms with Gasteiger partial charge in [0, 0.05) is 16.5 Å². The second-order valence-corrected chi connectivity index (χ2v) is 6.14. The van der Waals surface area contributed by atoms with E-state index in [0.29, 0.717) is 17.0 Å². The van der Waals surface area contributed by atoms with Crippen molar-refractivity contribution in [2.45, 2.75) is 44.0 Å². The van der Waals surface area contributed by atoms with E-state index in [9.17, 15) is 4.79 Å². The molecule has 0 bridgehead atoms. The van der Waals surface area contributed by atoms with Crippen LogP contribution in [-0.4, -0.2) is 11.9 Å². The van der Waals surface area contributed by atoms with E-state index in [1.807, 2.05) is 18.2 Å². The number of carbonyl (C=O) groups excluding carboxylic acids is 1. The summed E-state index contributed by atoms with van der Waals surface area (Å²) in [6.45, 7) is 4.51. The molecule has 2 nitrogen and oxygen atoms in total. The Kier molecular flexibility index (Phi) is 3.48. The van der Waals surface area contributed by atoms with Crippen molar-refractivity contribution in [1.29, 1.82) is 0 Å². The first kappa shape index (κ1) is 12.5. The minimum atomic E-state index is 0.0172. The van der Waals surface area contributed by atoms with Crippen LogP contribution in [0.2, 0.25) is 0 Å². The molecule has 0 aliphatic heterocycles. The Hall–Kier alpha value is -0.960. The number of rotatable bonds is 2. The zero-order chi connectivity index (χ0) is 12.5. The van der Waals surface area contributed by atoms with Crippen LogP contribution < -0.4 is 5.32 Å². The molecule has 1 aliphatic rings. The fourth-order valence-electron chi connectivity index (χ4n) is 2.48. The van der Waals surface area contributed by atoms with Gasteiger partial charge in [-0.05, 0) is 42.9 Å². The number of nitrogens with one attached hydrogen (secondary N) is 1. The number of hydrogen-bond acceptors (Lipinski definition) is 2. The molecule has 0 spiro atoms. The molecule has 1 amide bonds. The summed E-state index contributed by atoms with van der Waals surface area (Å²) in [7, 11) is 0. The Balaban J connectivity index is 1.98. The first-order valence-electron chi connectivity index (χ1n) is 6.06. The lowest BCUT2D eigenvalue weighted by atomic mass is 9.92. The first-order chi connectivity index (χ1) is 7.96. The van der Waals surface area contributed by atoms with Crippen LogP contribution in [-0.2, 0) is 0 Å². The van der Waals surface area contributed by atoms with Crippen LogP contribution in [0.25, 0.3) is 0 Å². The van der Waals surface area contributed by atoms with E-state index in [4.69, 9.17) is 0 Å². The van der Waals surface area contributed by atoms with Crippen LogP contribution in [0.15, 0.2) is 29.2 Å². The molecule has 1 saturated carbocycles. The molecule has 0 aromatic heterocycles. The van der Waals surface area contributed by atoms with Gasteiger partial charge in [0.2, 0.25) is 0 Å². The van der Waals surface area contributed by atoms with Crippen LogP contribution in [0, 0.1) is 5.41 Å². The normalized spacial score (nSPS) is 22.4. The number of benzene rings is 1. The standard InChI is InChI=1S/C14H19NOS/c1-14(2)7-6-11(9-14)15-13(16)10-4-3-5-12(17)8-10/h3-5,8,11,17H,6-7,9H2,1-2H3,(H,15,16). The van der Waals surface area contributed by atoms with Crippen LogP contribution in [0.3, 0.4) is 0 Å². The van der Waals surface area contributed by atoms with Gasteiger partial charge >= 0.3 is 0 Å². The third kappa shape index (κ3) is 3.25. The van der Waals surface area contributed by atoms with E-state index in [0.717, 1.165) is 17.7 Å². The third-order valence-corrected chi connectivity index (χ3v) is 3.69. The fraction of sp³-hybridized carbons (Fsp3) is 0.500. The van der Waals surface area contributed by atoms with Crippen molar-refractivity contribution < 1.29 is 4.79 Å². The molecule has 1 aliphatic carbocycles. The number of carbonyl (C=O) groups is 1. The predicted molar refractivity (Wildman–Crippen MR) is 72.6 cm³/mol. The van der Waals surface area contributed by atoms with Gasteiger partial charge in [-0.25, -0.2) is 0 Å². The van der Waals surface area contributed by atoms with Crippen molar-refractivity contribution in [3.05, 3.63) is 29.8 Å². The van der Waals surface area contributed by atoms with Crippen molar-refractivity contribution in [2.75, 3.05) is 0 Å². The summed E-state index contributed by atoms with van der Waals surface area (Å²) in [5.74, 6) is 0.0172. The zero-order valence-electron chi connectivity index (χ0n) is 10.4. The molecule has 0 heterocycles. The van der Waals surface area contributed by atoms with Crippen LogP contribution >= 0.6 is 12.6 Å². The van der Waals surface area contributed by atoms with Gasteiger partial charge < -0.3 is 5.32 Å². The topological polar surface area (TPSA) is 29.1 Å². The minimum absolute atomic E-state index is 0.0172. The molecule has 2 rings (SSSR count). The molecule has 1 unspecified atom stereocenters. The highest BCUT2D eigenvalue weighted by Crippen LogP contribution is 2.36. The van der Waals surface area contributed by atoms with Gasteiger partial charge in [0.1, 0.15) is 0 Å². The van der Waals surface area contributed by atoms with Crippen LogP contribution in [0.1, 0.15) is 43.5 Å². The average Bonchev–Trinajstić information content (AvgIpc) is 2.58. The summed E-state index contributed by atoms with van der Waals surface area (Å²) in [6.07, 6.45) is 3.34. The maximum absolute atomic E-state index is 12.0. The van der Waals surface area contributed by atoms with Crippen LogP contribution in [0.4, 0.5) is 0 Å². The summed E-state index contributed by atoms with van der Waals surface area (Å²) in [4.78, 5) is 12.8. The van der Waals surface area contributed by atoms with Gasteiger partial charge in [-0.15, -0.1) is 12.6 Å². The van der Waals surface area contributed by atoms with E-state index in [1.54, 1.807) is 6.07 Å². The number of thiol groups is 1. The molecule has 17 heavy (non-hydrogen) atoms. The zero-order valence-corrected chi connectivity index (χ0v) is 11.3. The SMILES string of the molecule is CC1(C)CCC(NC(=O)c2cccc(S)c2)C1. The summed E-state index contributed by atoms with van der Waals surface area (Å²) in [5.41, 5.74) is 1.06. The molecule has 0 radical (unpaired) electrons. The molecule has 1 aromatic rings. The summed E-state index contributed by atoms with van der Waals surface area (Å²) in [5, 5.41) is 3.11. The quantitative estimate of drug-likeness (QED) is 0.774.